The predicted molar refractivity (Wildman–Crippen MR) is 80.6 cm³/mol. The lowest BCUT2D eigenvalue weighted by atomic mass is 10.1. The Morgan fingerprint density at radius 1 is 1.28 bits per heavy atom. The molecule has 2 aliphatic rings. The van der Waals surface area contributed by atoms with E-state index in [0.717, 1.165) is 11.1 Å². The van der Waals surface area contributed by atoms with Crippen molar-refractivity contribution in [3.8, 4) is 0 Å². The first-order valence-corrected chi connectivity index (χ1v) is 7.76. The van der Waals surface area contributed by atoms with Gasteiger partial charge in [-0.15, -0.1) is 0 Å². The van der Waals surface area contributed by atoms with Crippen LogP contribution < -0.4 is 5.32 Å². The lowest BCUT2D eigenvalue weighted by Crippen LogP contribution is -2.25. The first-order chi connectivity index (χ1) is 8.72. The minimum Gasteiger partial charge on any atom is -0.335 e. The van der Waals surface area contributed by atoms with Gasteiger partial charge in [0.1, 0.15) is 0 Å². The maximum Gasteiger partial charge on any atom is 0.161 e. The molecule has 96 valence electrons. The predicted octanol–water partition coefficient (Wildman–Crippen LogP) is 3.99. The fraction of sp³-hybridized carbons (Fsp3) is 0.533. The van der Waals surface area contributed by atoms with Crippen molar-refractivity contribution < 1.29 is 0 Å². The van der Waals surface area contributed by atoms with E-state index in [1.54, 1.807) is 0 Å². The molecule has 0 bridgehead atoms. The molecule has 1 fully saturated rings. The van der Waals surface area contributed by atoms with Gasteiger partial charge >= 0.3 is 0 Å². The number of hydrogen-bond donors (Lipinski definition) is 1. The molecule has 0 spiro atoms. The molecule has 1 aromatic carbocycles. The molecule has 2 nitrogen and oxygen atoms in total. The number of nitrogens with one attached hydrogen (secondary N) is 1. The van der Waals surface area contributed by atoms with Crippen LogP contribution in [-0.4, -0.2) is 17.0 Å². The lowest BCUT2D eigenvalue weighted by Gasteiger charge is -2.24. The van der Waals surface area contributed by atoms with Crippen molar-refractivity contribution in [3.05, 3.63) is 29.3 Å². The van der Waals surface area contributed by atoms with Gasteiger partial charge in [0.15, 0.2) is 5.17 Å². The van der Waals surface area contributed by atoms with Crippen LogP contribution in [0.25, 0.3) is 0 Å². The molecule has 1 aliphatic heterocycles. The number of anilines is 1. The fourth-order valence-electron chi connectivity index (χ4n) is 2.81. The third-order valence-electron chi connectivity index (χ3n) is 3.97. The SMILES string of the molecule is Cc1ccc(C)c(NC2=NC3CCCC3CS2)c1. The first-order valence-electron chi connectivity index (χ1n) is 6.77. The van der Waals surface area contributed by atoms with Crippen molar-refractivity contribution in [2.24, 2.45) is 10.9 Å². The van der Waals surface area contributed by atoms with Gasteiger partial charge in [-0.25, -0.2) is 0 Å². The summed E-state index contributed by atoms with van der Waals surface area (Å²) in [5.41, 5.74) is 3.79. The minimum absolute atomic E-state index is 0.582. The Bertz CT molecular complexity index is 481. The highest BCUT2D eigenvalue weighted by atomic mass is 32.2. The molecular formula is C15H20N2S. The Hall–Kier alpha value is -0.960. The number of aryl methyl sites for hydroxylation is 2. The summed E-state index contributed by atoms with van der Waals surface area (Å²) in [6.07, 6.45) is 4.01. The van der Waals surface area contributed by atoms with Crippen LogP contribution in [0.15, 0.2) is 23.2 Å². The summed E-state index contributed by atoms with van der Waals surface area (Å²) >= 11 is 1.89. The van der Waals surface area contributed by atoms with Gasteiger partial charge in [0.2, 0.25) is 0 Å². The van der Waals surface area contributed by atoms with E-state index in [1.807, 2.05) is 11.8 Å². The number of rotatable bonds is 1. The maximum atomic E-state index is 4.88. The minimum atomic E-state index is 0.582. The van der Waals surface area contributed by atoms with Crippen LogP contribution >= 0.6 is 11.8 Å². The summed E-state index contributed by atoms with van der Waals surface area (Å²) in [6.45, 7) is 4.28. The van der Waals surface area contributed by atoms with Gasteiger partial charge in [0.05, 0.1) is 6.04 Å². The Balaban J connectivity index is 1.78. The van der Waals surface area contributed by atoms with E-state index in [4.69, 9.17) is 4.99 Å². The molecular weight excluding hydrogens is 240 g/mol. The number of amidine groups is 1. The zero-order chi connectivity index (χ0) is 12.5. The van der Waals surface area contributed by atoms with E-state index < -0.39 is 0 Å². The maximum absolute atomic E-state index is 4.88. The average molecular weight is 260 g/mol. The van der Waals surface area contributed by atoms with E-state index in [1.165, 1.54) is 41.8 Å². The van der Waals surface area contributed by atoms with Crippen molar-refractivity contribution >= 4 is 22.6 Å². The van der Waals surface area contributed by atoms with Crippen LogP contribution in [0.1, 0.15) is 30.4 Å². The molecule has 1 aliphatic carbocycles. The number of fused-ring (bicyclic) bond motifs is 1. The Morgan fingerprint density at radius 2 is 2.17 bits per heavy atom. The zero-order valence-electron chi connectivity index (χ0n) is 11.1. The molecule has 2 unspecified atom stereocenters. The van der Waals surface area contributed by atoms with Crippen molar-refractivity contribution in [1.29, 1.82) is 0 Å². The van der Waals surface area contributed by atoms with Gasteiger partial charge in [-0.3, -0.25) is 4.99 Å². The number of nitrogens with zero attached hydrogens (tertiary/aromatic N) is 1. The van der Waals surface area contributed by atoms with Gasteiger partial charge < -0.3 is 5.32 Å². The molecule has 0 radical (unpaired) electrons. The third kappa shape index (κ3) is 2.41. The van der Waals surface area contributed by atoms with Gasteiger partial charge in [0, 0.05) is 11.4 Å². The van der Waals surface area contributed by atoms with Crippen molar-refractivity contribution in [2.75, 3.05) is 11.1 Å². The highest BCUT2D eigenvalue weighted by molar-refractivity contribution is 8.14. The van der Waals surface area contributed by atoms with Gasteiger partial charge in [-0.2, -0.15) is 0 Å². The van der Waals surface area contributed by atoms with Crippen molar-refractivity contribution in [1.82, 2.24) is 0 Å². The van der Waals surface area contributed by atoms with Crippen LogP contribution in [0.5, 0.6) is 0 Å². The molecule has 0 saturated heterocycles. The lowest BCUT2D eigenvalue weighted by molar-refractivity contribution is 0.535. The number of aliphatic imine (C=N–C) groups is 1. The normalized spacial score (nSPS) is 26.7. The average Bonchev–Trinajstić information content (AvgIpc) is 2.81. The molecule has 2 atom stereocenters. The molecule has 1 aromatic rings. The van der Waals surface area contributed by atoms with E-state index in [0.29, 0.717) is 6.04 Å². The Morgan fingerprint density at radius 3 is 3.06 bits per heavy atom. The second kappa shape index (κ2) is 4.96. The molecule has 1 heterocycles. The largest absolute Gasteiger partial charge is 0.335 e. The molecule has 0 amide bonds. The fourth-order valence-corrected chi connectivity index (χ4v) is 3.96. The van der Waals surface area contributed by atoms with E-state index in [-0.39, 0.29) is 0 Å². The molecule has 0 aromatic heterocycles. The van der Waals surface area contributed by atoms with Crippen molar-refractivity contribution in [3.63, 3.8) is 0 Å². The summed E-state index contributed by atoms with van der Waals surface area (Å²) < 4.78 is 0. The van der Waals surface area contributed by atoms with Crippen LogP contribution in [-0.2, 0) is 0 Å². The summed E-state index contributed by atoms with van der Waals surface area (Å²) in [4.78, 5) is 4.88. The number of benzene rings is 1. The highest BCUT2D eigenvalue weighted by Crippen LogP contribution is 2.35. The van der Waals surface area contributed by atoms with E-state index in [2.05, 4.69) is 37.4 Å². The smallest absolute Gasteiger partial charge is 0.161 e. The van der Waals surface area contributed by atoms with Gasteiger partial charge in [-0.05, 0) is 49.8 Å². The molecule has 3 heteroatoms. The summed E-state index contributed by atoms with van der Waals surface area (Å²) in [5, 5.41) is 4.63. The zero-order valence-corrected chi connectivity index (χ0v) is 11.9. The third-order valence-corrected chi connectivity index (χ3v) is 5.05. The molecule has 1 N–H and O–H groups in total. The Labute approximate surface area is 113 Å². The molecule has 18 heavy (non-hydrogen) atoms. The summed E-state index contributed by atoms with van der Waals surface area (Å²) in [7, 11) is 0. The highest BCUT2D eigenvalue weighted by Gasteiger charge is 2.30. The summed E-state index contributed by atoms with van der Waals surface area (Å²) in [5.74, 6) is 2.07. The second-order valence-corrected chi connectivity index (χ2v) is 6.46. The summed E-state index contributed by atoms with van der Waals surface area (Å²) in [6, 6.07) is 7.12. The first kappa shape index (κ1) is 12.1. The van der Waals surface area contributed by atoms with Crippen molar-refractivity contribution in [2.45, 2.75) is 39.2 Å². The second-order valence-electron chi connectivity index (χ2n) is 5.45. The van der Waals surface area contributed by atoms with E-state index in [9.17, 15) is 0 Å². The topological polar surface area (TPSA) is 24.4 Å². The quantitative estimate of drug-likeness (QED) is 0.825. The van der Waals surface area contributed by atoms with Gasteiger partial charge in [0.25, 0.3) is 0 Å². The van der Waals surface area contributed by atoms with E-state index >= 15 is 0 Å². The van der Waals surface area contributed by atoms with Crippen LogP contribution in [0.3, 0.4) is 0 Å². The number of thioether (sulfide) groups is 1. The van der Waals surface area contributed by atoms with Crippen LogP contribution in [0.2, 0.25) is 0 Å². The molecule has 1 saturated carbocycles. The van der Waals surface area contributed by atoms with Crippen LogP contribution in [0, 0.1) is 19.8 Å². The van der Waals surface area contributed by atoms with Gasteiger partial charge in [-0.1, -0.05) is 30.3 Å². The van der Waals surface area contributed by atoms with Crippen LogP contribution in [0.4, 0.5) is 5.69 Å². The monoisotopic (exact) mass is 260 g/mol. The standard InChI is InChI=1S/C15H20N2S/c1-10-6-7-11(2)14(8-10)17-15-16-13-5-3-4-12(13)9-18-15/h6-8,12-13H,3-5,9H2,1-2H3,(H,16,17). The molecule has 3 rings (SSSR count). The Kier molecular flexibility index (Phi) is 3.33. The number of hydrogen-bond acceptors (Lipinski definition) is 3.